The zero-order valence-corrected chi connectivity index (χ0v) is 27.5. The van der Waals surface area contributed by atoms with Crippen LogP contribution in [0.15, 0.2) is 154 Å². The van der Waals surface area contributed by atoms with Crippen molar-refractivity contribution in [2.45, 2.75) is 0 Å². The van der Waals surface area contributed by atoms with Gasteiger partial charge in [0.2, 0.25) is 0 Å². The van der Waals surface area contributed by atoms with Crippen LogP contribution in [0.4, 0.5) is 0 Å². The molecule has 0 saturated heterocycles. The minimum atomic E-state index is 0.823. The largest absolute Gasteiger partial charge is 0.497 e. The summed E-state index contributed by atoms with van der Waals surface area (Å²) in [5, 5.41) is 9.15. The fourth-order valence-corrected chi connectivity index (χ4v) is 7.65. The quantitative estimate of drug-likeness (QED) is 0.169. The van der Waals surface area contributed by atoms with Crippen LogP contribution in [-0.4, -0.2) is 14.2 Å². The van der Waals surface area contributed by atoms with Gasteiger partial charge in [-0.25, -0.2) is 0 Å². The molecule has 0 spiro atoms. The molecule has 0 fully saturated rings. The van der Waals surface area contributed by atoms with E-state index in [0.29, 0.717) is 0 Å². The van der Waals surface area contributed by atoms with Gasteiger partial charge >= 0.3 is 0 Å². The van der Waals surface area contributed by atoms with E-state index in [2.05, 4.69) is 97.1 Å². The molecule has 2 heterocycles. The molecule has 0 radical (unpaired) electrons. The number of fused-ring (bicyclic) bond motifs is 2. The Hall–Kier alpha value is -6.52. The molecule has 2 aromatic heterocycles. The predicted octanol–water partition coefficient (Wildman–Crippen LogP) is 12.8. The Morgan fingerprint density at radius 3 is 1.14 bits per heavy atom. The maximum absolute atomic E-state index is 6.57. The lowest BCUT2D eigenvalue weighted by atomic mass is 9.83. The fourth-order valence-electron chi connectivity index (χ4n) is 7.65. The molecule has 8 aromatic carbocycles. The van der Waals surface area contributed by atoms with E-state index in [1.54, 1.807) is 14.2 Å². The molecule has 10 aromatic rings. The van der Waals surface area contributed by atoms with Crippen molar-refractivity contribution in [3.05, 3.63) is 146 Å². The molecular weight excluding hydrogens is 617 g/mol. The van der Waals surface area contributed by atoms with Crippen LogP contribution in [0.5, 0.6) is 11.5 Å². The van der Waals surface area contributed by atoms with Crippen LogP contribution in [-0.2, 0) is 0 Å². The van der Waals surface area contributed by atoms with E-state index in [1.165, 1.54) is 21.5 Å². The molecule has 4 heteroatoms. The van der Waals surface area contributed by atoms with E-state index in [4.69, 9.17) is 18.3 Å². The number of hydrogen-bond donors (Lipinski definition) is 0. The minimum absolute atomic E-state index is 0.823. The first kappa shape index (κ1) is 28.5. The van der Waals surface area contributed by atoms with E-state index in [9.17, 15) is 0 Å². The topological polar surface area (TPSA) is 44.7 Å². The van der Waals surface area contributed by atoms with Gasteiger partial charge in [0.15, 0.2) is 0 Å². The van der Waals surface area contributed by atoms with Gasteiger partial charge in [-0.2, -0.15) is 0 Å². The second kappa shape index (κ2) is 11.0. The van der Waals surface area contributed by atoms with Crippen LogP contribution in [0, 0.1) is 0 Å². The van der Waals surface area contributed by atoms with E-state index in [0.717, 1.165) is 89.1 Å². The van der Waals surface area contributed by atoms with Gasteiger partial charge in [0.25, 0.3) is 0 Å². The van der Waals surface area contributed by atoms with E-state index < -0.39 is 0 Å². The van der Waals surface area contributed by atoms with E-state index in [-0.39, 0.29) is 0 Å². The highest BCUT2D eigenvalue weighted by Gasteiger charge is 2.23. The first-order valence-electron chi connectivity index (χ1n) is 16.7. The third-order valence-corrected chi connectivity index (χ3v) is 10.1. The summed E-state index contributed by atoms with van der Waals surface area (Å²) in [6, 6.07) is 51.0. The van der Waals surface area contributed by atoms with Gasteiger partial charge in [0.05, 0.1) is 14.2 Å². The standard InChI is InChI=1S/C46H30O4/c1-47-31-15-11-27(12-16-31)37-25-39(43-23-29-7-3-5-9-41(29)49-43)35-22-20-34-38(28-13-17-32(48-2)18-14-28)26-40(36-21-19-33(37)45(35)46(34)36)44-24-30-8-4-6-10-42(30)50-44/h3-26H,1-2H3. The summed E-state index contributed by atoms with van der Waals surface area (Å²) in [7, 11) is 3.40. The molecular formula is C46H30O4. The fraction of sp³-hybridized carbons (Fsp3) is 0.0435. The number of benzene rings is 8. The van der Waals surface area contributed by atoms with Crippen LogP contribution in [0.25, 0.3) is 99.2 Å². The SMILES string of the molecule is COc1ccc(-c2cc(-c3cc4ccccc4o3)c3ccc4c(-c5ccc(OC)cc5)cc(-c5cc6ccccc6o5)c5ccc2c3c45)cc1. The lowest BCUT2D eigenvalue weighted by Crippen LogP contribution is -1.94. The van der Waals surface area contributed by atoms with Crippen LogP contribution in [0.1, 0.15) is 0 Å². The van der Waals surface area contributed by atoms with Gasteiger partial charge in [-0.05, 0) is 115 Å². The monoisotopic (exact) mass is 646 g/mol. The van der Waals surface area contributed by atoms with Gasteiger partial charge in [0, 0.05) is 21.9 Å². The van der Waals surface area contributed by atoms with Crippen molar-refractivity contribution in [3.63, 3.8) is 0 Å². The molecule has 0 aliphatic carbocycles. The van der Waals surface area contributed by atoms with Crippen molar-refractivity contribution in [1.82, 2.24) is 0 Å². The first-order valence-corrected chi connectivity index (χ1v) is 16.7. The van der Waals surface area contributed by atoms with Crippen molar-refractivity contribution in [2.24, 2.45) is 0 Å². The van der Waals surface area contributed by atoms with Crippen molar-refractivity contribution < 1.29 is 18.3 Å². The van der Waals surface area contributed by atoms with Crippen LogP contribution in [0.2, 0.25) is 0 Å². The number of furan rings is 2. The first-order chi connectivity index (χ1) is 24.7. The maximum Gasteiger partial charge on any atom is 0.136 e. The Balaban J connectivity index is 1.36. The second-order valence-electron chi connectivity index (χ2n) is 12.8. The predicted molar refractivity (Wildman–Crippen MR) is 205 cm³/mol. The summed E-state index contributed by atoms with van der Waals surface area (Å²) in [5.74, 6) is 3.32. The molecule has 0 atom stereocenters. The summed E-state index contributed by atoms with van der Waals surface area (Å²) in [5.41, 5.74) is 8.31. The van der Waals surface area contributed by atoms with Gasteiger partial charge in [-0.1, -0.05) is 84.9 Å². The van der Waals surface area contributed by atoms with Crippen molar-refractivity contribution >= 4 is 54.3 Å². The highest BCUT2D eigenvalue weighted by atomic mass is 16.5. The summed E-state index contributed by atoms with van der Waals surface area (Å²) in [6.45, 7) is 0. The molecule has 238 valence electrons. The van der Waals surface area contributed by atoms with Crippen molar-refractivity contribution in [2.75, 3.05) is 14.2 Å². The maximum atomic E-state index is 6.57. The molecule has 50 heavy (non-hydrogen) atoms. The molecule has 0 unspecified atom stereocenters. The van der Waals surface area contributed by atoms with Crippen LogP contribution < -0.4 is 9.47 Å². The third kappa shape index (κ3) is 4.32. The molecule has 0 amide bonds. The Bertz CT molecular complexity index is 2610. The minimum Gasteiger partial charge on any atom is -0.497 e. The lowest BCUT2D eigenvalue weighted by Gasteiger charge is -2.20. The van der Waals surface area contributed by atoms with E-state index in [1.807, 2.05) is 48.5 Å². The average Bonchev–Trinajstić information content (AvgIpc) is 3.81. The molecule has 0 saturated carbocycles. The number of ether oxygens (including phenoxy) is 2. The normalized spacial score (nSPS) is 11.8. The number of methoxy groups -OCH3 is 2. The second-order valence-corrected chi connectivity index (χ2v) is 12.8. The van der Waals surface area contributed by atoms with Crippen LogP contribution in [0.3, 0.4) is 0 Å². The zero-order chi connectivity index (χ0) is 33.3. The Morgan fingerprint density at radius 2 is 0.760 bits per heavy atom. The Morgan fingerprint density at radius 1 is 0.380 bits per heavy atom. The highest BCUT2D eigenvalue weighted by Crippen LogP contribution is 2.49. The highest BCUT2D eigenvalue weighted by molar-refractivity contribution is 6.31. The van der Waals surface area contributed by atoms with Crippen molar-refractivity contribution in [1.29, 1.82) is 0 Å². The summed E-state index contributed by atoms with van der Waals surface area (Å²) in [6.07, 6.45) is 0. The Kier molecular flexibility index (Phi) is 6.27. The molecule has 10 rings (SSSR count). The number of rotatable bonds is 6. The van der Waals surface area contributed by atoms with Crippen molar-refractivity contribution in [3.8, 4) is 56.4 Å². The average molecular weight is 647 g/mol. The summed E-state index contributed by atoms with van der Waals surface area (Å²) >= 11 is 0. The molecule has 0 N–H and O–H groups in total. The summed E-state index contributed by atoms with van der Waals surface area (Å²) in [4.78, 5) is 0. The molecule has 0 bridgehead atoms. The van der Waals surface area contributed by atoms with Gasteiger partial charge in [0.1, 0.15) is 34.2 Å². The molecule has 4 nitrogen and oxygen atoms in total. The number of hydrogen-bond acceptors (Lipinski definition) is 4. The van der Waals surface area contributed by atoms with Crippen LogP contribution >= 0.6 is 0 Å². The third-order valence-electron chi connectivity index (χ3n) is 10.1. The zero-order valence-electron chi connectivity index (χ0n) is 27.5. The van der Waals surface area contributed by atoms with E-state index >= 15 is 0 Å². The van der Waals surface area contributed by atoms with Gasteiger partial charge in [-0.3, -0.25) is 0 Å². The van der Waals surface area contributed by atoms with Gasteiger partial charge < -0.3 is 18.3 Å². The lowest BCUT2D eigenvalue weighted by molar-refractivity contribution is 0.415. The number of para-hydroxylation sites is 2. The Labute approximate surface area is 288 Å². The summed E-state index contributed by atoms with van der Waals surface area (Å²) < 4.78 is 24.2. The van der Waals surface area contributed by atoms with Gasteiger partial charge in [-0.15, -0.1) is 0 Å². The smallest absolute Gasteiger partial charge is 0.136 e. The molecule has 0 aliphatic heterocycles. The molecule has 0 aliphatic rings.